The van der Waals surface area contributed by atoms with Gasteiger partial charge in [0.25, 0.3) is 0 Å². The van der Waals surface area contributed by atoms with Crippen molar-refractivity contribution in [2.45, 2.75) is 6.54 Å². The molecule has 0 radical (unpaired) electrons. The first-order chi connectivity index (χ1) is 8.28. The van der Waals surface area contributed by atoms with Gasteiger partial charge in [-0.15, -0.1) is 0 Å². The van der Waals surface area contributed by atoms with Crippen molar-refractivity contribution in [2.75, 3.05) is 12.4 Å². The van der Waals surface area contributed by atoms with Crippen LogP contribution in [0.2, 0.25) is 0 Å². The van der Waals surface area contributed by atoms with Crippen molar-refractivity contribution in [1.29, 1.82) is 0 Å². The monoisotopic (exact) mass is 339 g/mol. The highest BCUT2D eigenvalue weighted by atomic mass is 127. The first-order valence-corrected chi connectivity index (χ1v) is 6.48. The summed E-state index contributed by atoms with van der Waals surface area (Å²) in [4.78, 5) is 0. The van der Waals surface area contributed by atoms with Gasteiger partial charge in [0.05, 0.1) is 7.11 Å². The number of hydrogen-bond acceptors (Lipinski definition) is 2. The van der Waals surface area contributed by atoms with E-state index in [1.807, 2.05) is 18.2 Å². The summed E-state index contributed by atoms with van der Waals surface area (Å²) in [6.07, 6.45) is 0. The summed E-state index contributed by atoms with van der Waals surface area (Å²) >= 11 is 2.31. The molecule has 2 aromatic carbocycles. The number of anilines is 1. The normalized spacial score (nSPS) is 10.0. The highest BCUT2D eigenvalue weighted by Crippen LogP contribution is 2.16. The van der Waals surface area contributed by atoms with Crippen LogP contribution in [0.3, 0.4) is 0 Å². The van der Waals surface area contributed by atoms with Crippen LogP contribution < -0.4 is 10.1 Å². The van der Waals surface area contributed by atoms with E-state index in [2.05, 4.69) is 58.2 Å². The number of benzene rings is 2. The molecule has 0 heterocycles. The maximum Gasteiger partial charge on any atom is 0.119 e. The number of hydrogen-bond donors (Lipinski definition) is 1. The van der Waals surface area contributed by atoms with Crippen LogP contribution in [-0.2, 0) is 6.54 Å². The van der Waals surface area contributed by atoms with Gasteiger partial charge in [0, 0.05) is 15.8 Å². The van der Waals surface area contributed by atoms with Crippen molar-refractivity contribution in [3.05, 3.63) is 57.7 Å². The average molecular weight is 339 g/mol. The third-order valence-electron chi connectivity index (χ3n) is 2.46. The van der Waals surface area contributed by atoms with Crippen LogP contribution in [0.5, 0.6) is 5.75 Å². The topological polar surface area (TPSA) is 21.3 Å². The zero-order valence-electron chi connectivity index (χ0n) is 9.61. The second-order valence-electron chi connectivity index (χ2n) is 3.72. The van der Waals surface area contributed by atoms with Crippen LogP contribution in [0.15, 0.2) is 48.5 Å². The lowest BCUT2D eigenvalue weighted by atomic mass is 10.2. The van der Waals surface area contributed by atoms with E-state index in [0.717, 1.165) is 18.0 Å². The maximum absolute atomic E-state index is 5.20. The van der Waals surface area contributed by atoms with E-state index in [1.165, 1.54) is 9.13 Å². The molecule has 0 aromatic heterocycles. The van der Waals surface area contributed by atoms with Gasteiger partial charge >= 0.3 is 0 Å². The predicted octanol–water partition coefficient (Wildman–Crippen LogP) is 3.91. The minimum Gasteiger partial charge on any atom is -0.497 e. The summed E-state index contributed by atoms with van der Waals surface area (Å²) < 4.78 is 6.43. The molecule has 1 N–H and O–H groups in total. The molecule has 2 aromatic rings. The molecule has 3 heteroatoms. The fourth-order valence-electron chi connectivity index (χ4n) is 1.58. The Kier molecular flexibility index (Phi) is 4.25. The van der Waals surface area contributed by atoms with Gasteiger partial charge in [-0.05, 0) is 58.5 Å². The van der Waals surface area contributed by atoms with Crippen LogP contribution in [0.4, 0.5) is 5.69 Å². The first-order valence-electron chi connectivity index (χ1n) is 5.40. The van der Waals surface area contributed by atoms with Crippen LogP contribution in [0.25, 0.3) is 0 Å². The average Bonchev–Trinajstić information content (AvgIpc) is 2.37. The largest absolute Gasteiger partial charge is 0.497 e. The van der Waals surface area contributed by atoms with Crippen molar-refractivity contribution < 1.29 is 4.74 Å². The zero-order chi connectivity index (χ0) is 12.1. The summed E-state index contributed by atoms with van der Waals surface area (Å²) in [5, 5.41) is 3.39. The molecule has 0 fully saturated rings. The van der Waals surface area contributed by atoms with E-state index in [-0.39, 0.29) is 0 Å². The van der Waals surface area contributed by atoms with Gasteiger partial charge in [-0.25, -0.2) is 0 Å². The Bertz CT molecular complexity index is 499. The van der Waals surface area contributed by atoms with Crippen LogP contribution in [0.1, 0.15) is 5.56 Å². The number of methoxy groups -OCH3 is 1. The first kappa shape index (κ1) is 12.2. The van der Waals surface area contributed by atoms with Gasteiger partial charge in [0.15, 0.2) is 0 Å². The van der Waals surface area contributed by atoms with Crippen LogP contribution in [-0.4, -0.2) is 7.11 Å². The van der Waals surface area contributed by atoms with Gasteiger partial charge in [0.2, 0.25) is 0 Å². The van der Waals surface area contributed by atoms with Gasteiger partial charge < -0.3 is 10.1 Å². The molecule has 17 heavy (non-hydrogen) atoms. The number of ether oxygens (including phenoxy) is 1. The Balaban J connectivity index is 2.02. The Morgan fingerprint density at radius 1 is 1.12 bits per heavy atom. The molecule has 0 saturated carbocycles. The van der Waals surface area contributed by atoms with Crippen molar-refractivity contribution in [1.82, 2.24) is 0 Å². The third-order valence-corrected chi connectivity index (χ3v) is 3.13. The Morgan fingerprint density at radius 2 is 1.94 bits per heavy atom. The van der Waals surface area contributed by atoms with Crippen molar-refractivity contribution >= 4 is 28.3 Å². The van der Waals surface area contributed by atoms with E-state index >= 15 is 0 Å². The lowest BCUT2D eigenvalue weighted by molar-refractivity contribution is 0.414. The summed E-state index contributed by atoms with van der Waals surface area (Å²) in [7, 11) is 1.69. The Labute approximate surface area is 115 Å². The fourth-order valence-corrected chi connectivity index (χ4v) is 2.13. The minimum absolute atomic E-state index is 0.803. The Hall–Kier alpha value is -1.23. The fraction of sp³-hybridized carbons (Fsp3) is 0.143. The third kappa shape index (κ3) is 3.63. The second kappa shape index (κ2) is 5.91. The molecular weight excluding hydrogens is 325 g/mol. The van der Waals surface area contributed by atoms with E-state index < -0.39 is 0 Å². The SMILES string of the molecule is COc1cccc(CNc2cccc(I)c2)c1. The molecule has 0 bridgehead atoms. The summed E-state index contributed by atoms with van der Waals surface area (Å²) in [6, 6.07) is 16.4. The molecule has 0 unspecified atom stereocenters. The van der Waals surface area contributed by atoms with Gasteiger partial charge in [-0.1, -0.05) is 18.2 Å². The van der Waals surface area contributed by atoms with Crippen molar-refractivity contribution in [3.63, 3.8) is 0 Å². The van der Waals surface area contributed by atoms with Crippen LogP contribution >= 0.6 is 22.6 Å². The van der Waals surface area contributed by atoms with Crippen LogP contribution in [0, 0.1) is 3.57 Å². The maximum atomic E-state index is 5.20. The van der Waals surface area contributed by atoms with E-state index in [1.54, 1.807) is 7.11 Å². The number of nitrogens with one attached hydrogen (secondary N) is 1. The van der Waals surface area contributed by atoms with Crippen molar-refractivity contribution in [2.24, 2.45) is 0 Å². The van der Waals surface area contributed by atoms with Gasteiger partial charge in [0.1, 0.15) is 5.75 Å². The predicted molar refractivity (Wildman–Crippen MR) is 79.5 cm³/mol. The van der Waals surface area contributed by atoms with Gasteiger partial charge in [-0.3, -0.25) is 0 Å². The quantitative estimate of drug-likeness (QED) is 0.853. The highest BCUT2D eigenvalue weighted by molar-refractivity contribution is 14.1. The molecule has 0 aliphatic carbocycles. The smallest absolute Gasteiger partial charge is 0.119 e. The zero-order valence-corrected chi connectivity index (χ0v) is 11.8. The second-order valence-corrected chi connectivity index (χ2v) is 4.96. The van der Waals surface area contributed by atoms with E-state index in [0.29, 0.717) is 0 Å². The summed E-state index contributed by atoms with van der Waals surface area (Å²) in [5.41, 5.74) is 2.35. The molecule has 0 aliphatic heterocycles. The lowest BCUT2D eigenvalue weighted by Gasteiger charge is -2.08. The molecule has 2 rings (SSSR count). The standard InChI is InChI=1S/C14H14INO/c1-17-14-7-2-4-11(8-14)10-16-13-6-3-5-12(15)9-13/h2-9,16H,10H2,1H3. The lowest BCUT2D eigenvalue weighted by Crippen LogP contribution is -1.99. The van der Waals surface area contributed by atoms with Crippen molar-refractivity contribution in [3.8, 4) is 5.75 Å². The molecule has 88 valence electrons. The molecular formula is C14H14INO. The molecule has 0 atom stereocenters. The molecule has 0 amide bonds. The summed E-state index contributed by atoms with van der Waals surface area (Å²) in [5.74, 6) is 0.895. The highest BCUT2D eigenvalue weighted by Gasteiger charge is 1.97. The minimum atomic E-state index is 0.803. The van der Waals surface area contributed by atoms with E-state index in [9.17, 15) is 0 Å². The van der Waals surface area contributed by atoms with E-state index in [4.69, 9.17) is 4.74 Å². The summed E-state index contributed by atoms with van der Waals surface area (Å²) in [6.45, 7) is 0.803. The molecule has 2 nitrogen and oxygen atoms in total. The molecule has 0 spiro atoms. The van der Waals surface area contributed by atoms with Gasteiger partial charge in [-0.2, -0.15) is 0 Å². The number of halogens is 1. The Morgan fingerprint density at radius 3 is 2.71 bits per heavy atom. The number of rotatable bonds is 4. The molecule has 0 aliphatic rings. The molecule has 0 saturated heterocycles.